The average Bonchev–Trinajstić information content (AvgIpc) is 2.93. The third kappa shape index (κ3) is 3.06. The summed E-state index contributed by atoms with van der Waals surface area (Å²) >= 11 is 0. The predicted octanol–water partition coefficient (Wildman–Crippen LogP) is 3.90. The van der Waals surface area contributed by atoms with Gasteiger partial charge in [-0.3, -0.25) is 4.79 Å². The number of carboxylic acid groups (broad SMARTS) is 1. The summed E-state index contributed by atoms with van der Waals surface area (Å²) in [7, 11) is 1.61. The maximum Gasteiger partial charge on any atom is 0.311 e. The van der Waals surface area contributed by atoms with Gasteiger partial charge in [-0.1, -0.05) is 24.3 Å². The molecular weight excluding hydrogens is 290 g/mol. The van der Waals surface area contributed by atoms with Crippen LogP contribution >= 0.6 is 0 Å². The van der Waals surface area contributed by atoms with E-state index in [1.807, 2.05) is 55.6 Å². The van der Waals surface area contributed by atoms with Crippen molar-refractivity contribution in [3.05, 3.63) is 65.4 Å². The smallest absolute Gasteiger partial charge is 0.311 e. The highest BCUT2D eigenvalue weighted by atomic mass is 16.5. The normalized spacial score (nSPS) is 12.3. The van der Waals surface area contributed by atoms with Crippen molar-refractivity contribution in [2.45, 2.75) is 19.3 Å². The summed E-state index contributed by atoms with van der Waals surface area (Å²) in [6.45, 7) is 2.03. The molecule has 1 unspecified atom stereocenters. The Balaban J connectivity index is 1.91. The number of aromatic nitrogens is 1. The molecule has 0 aliphatic heterocycles. The molecule has 0 aliphatic rings. The topological polar surface area (TPSA) is 62.3 Å². The Morgan fingerprint density at radius 1 is 1.22 bits per heavy atom. The van der Waals surface area contributed by atoms with Crippen LogP contribution in [0.5, 0.6) is 5.75 Å². The van der Waals surface area contributed by atoms with Gasteiger partial charge in [0.15, 0.2) is 0 Å². The highest BCUT2D eigenvalue weighted by molar-refractivity contribution is 5.85. The second-order valence-corrected chi connectivity index (χ2v) is 5.72. The summed E-state index contributed by atoms with van der Waals surface area (Å²) in [6.07, 6.45) is 2.39. The van der Waals surface area contributed by atoms with Crippen molar-refractivity contribution in [3.8, 4) is 5.75 Å². The lowest BCUT2D eigenvalue weighted by Crippen LogP contribution is -2.14. The number of hydrogen-bond acceptors (Lipinski definition) is 2. The van der Waals surface area contributed by atoms with E-state index in [2.05, 4.69) is 4.98 Å². The van der Waals surface area contributed by atoms with Crippen molar-refractivity contribution in [1.29, 1.82) is 0 Å². The van der Waals surface area contributed by atoms with Gasteiger partial charge in [0, 0.05) is 17.1 Å². The van der Waals surface area contributed by atoms with Gasteiger partial charge in [0.1, 0.15) is 5.75 Å². The fourth-order valence-corrected chi connectivity index (χ4v) is 2.85. The summed E-state index contributed by atoms with van der Waals surface area (Å²) in [4.78, 5) is 14.9. The van der Waals surface area contributed by atoms with Crippen LogP contribution in [-0.2, 0) is 11.2 Å². The summed E-state index contributed by atoms with van der Waals surface area (Å²) in [5.74, 6) is -0.622. The molecule has 2 N–H and O–H groups in total. The van der Waals surface area contributed by atoms with E-state index < -0.39 is 11.9 Å². The molecule has 1 aromatic heterocycles. The standard InChI is InChI=1S/C19H19NO3/c1-12-11-20-18-10-14(5-8-16(12)18)17(19(21)22)9-13-3-6-15(23-2)7-4-13/h3-8,10-11,17,20H,9H2,1-2H3,(H,21,22). The second-order valence-electron chi connectivity index (χ2n) is 5.72. The molecule has 23 heavy (non-hydrogen) atoms. The molecule has 0 aliphatic carbocycles. The van der Waals surface area contributed by atoms with Crippen LogP contribution < -0.4 is 4.74 Å². The number of aromatic amines is 1. The first kappa shape index (κ1) is 15.2. The first-order chi connectivity index (χ1) is 11.1. The van der Waals surface area contributed by atoms with Crippen molar-refractivity contribution in [3.63, 3.8) is 0 Å². The Morgan fingerprint density at radius 2 is 1.96 bits per heavy atom. The molecule has 0 saturated carbocycles. The van der Waals surface area contributed by atoms with E-state index >= 15 is 0 Å². The summed E-state index contributed by atoms with van der Waals surface area (Å²) < 4.78 is 5.14. The summed E-state index contributed by atoms with van der Waals surface area (Å²) in [5, 5.41) is 10.8. The van der Waals surface area contributed by atoms with Crippen LogP contribution in [0.25, 0.3) is 10.9 Å². The number of H-pyrrole nitrogens is 1. The lowest BCUT2D eigenvalue weighted by molar-refractivity contribution is -0.138. The van der Waals surface area contributed by atoms with Crippen LogP contribution in [-0.4, -0.2) is 23.2 Å². The minimum atomic E-state index is -0.816. The maximum absolute atomic E-state index is 11.7. The van der Waals surface area contributed by atoms with Gasteiger partial charge in [-0.25, -0.2) is 0 Å². The van der Waals surface area contributed by atoms with Crippen LogP contribution in [0.4, 0.5) is 0 Å². The number of carbonyl (C=O) groups is 1. The van der Waals surface area contributed by atoms with Gasteiger partial charge in [-0.05, 0) is 48.2 Å². The molecule has 0 bridgehead atoms. The number of carboxylic acids is 1. The highest BCUT2D eigenvalue weighted by Gasteiger charge is 2.21. The average molecular weight is 309 g/mol. The van der Waals surface area contributed by atoms with E-state index in [1.54, 1.807) is 7.11 Å². The summed E-state index contributed by atoms with van der Waals surface area (Å²) in [6, 6.07) is 13.4. The molecule has 3 rings (SSSR count). The van der Waals surface area contributed by atoms with E-state index in [1.165, 1.54) is 0 Å². The lowest BCUT2D eigenvalue weighted by atomic mass is 9.91. The fraction of sp³-hybridized carbons (Fsp3) is 0.211. The number of nitrogens with one attached hydrogen (secondary N) is 1. The third-order valence-electron chi connectivity index (χ3n) is 4.21. The number of rotatable bonds is 5. The number of ether oxygens (including phenoxy) is 1. The second kappa shape index (κ2) is 6.16. The maximum atomic E-state index is 11.7. The minimum Gasteiger partial charge on any atom is -0.497 e. The van der Waals surface area contributed by atoms with E-state index in [-0.39, 0.29) is 0 Å². The molecule has 4 nitrogen and oxygen atoms in total. The minimum absolute atomic E-state index is 0.449. The van der Waals surface area contributed by atoms with E-state index in [0.717, 1.165) is 33.3 Å². The van der Waals surface area contributed by atoms with Crippen LogP contribution in [0.3, 0.4) is 0 Å². The van der Waals surface area contributed by atoms with Crippen LogP contribution in [0.1, 0.15) is 22.6 Å². The molecule has 0 fully saturated rings. The van der Waals surface area contributed by atoms with Crippen molar-refractivity contribution in [1.82, 2.24) is 4.98 Å². The van der Waals surface area contributed by atoms with Gasteiger partial charge in [-0.2, -0.15) is 0 Å². The van der Waals surface area contributed by atoms with Crippen molar-refractivity contribution in [2.75, 3.05) is 7.11 Å². The zero-order chi connectivity index (χ0) is 16.4. The van der Waals surface area contributed by atoms with Crippen LogP contribution in [0.15, 0.2) is 48.7 Å². The molecule has 1 atom stereocenters. The number of aryl methyl sites for hydroxylation is 1. The quantitative estimate of drug-likeness (QED) is 0.751. The molecule has 1 heterocycles. The van der Waals surface area contributed by atoms with Gasteiger partial charge >= 0.3 is 5.97 Å². The first-order valence-electron chi connectivity index (χ1n) is 7.52. The Labute approximate surface area is 134 Å². The van der Waals surface area contributed by atoms with E-state index in [4.69, 9.17) is 4.74 Å². The predicted molar refractivity (Wildman–Crippen MR) is 90.1 cm³/mol. The summed E-state index contributed by atoms with van der Waals surface area (Å²) in [5.41, 5.74) is 3.91. The molecule has 118 valence electrons. The monoisotopic (exact) mass is 309 g/mol. The molecule has 2 aromatic carbocycles. The van der Waals surface area contributed by atoms with E-state index in [0.29, 0.717) is 6.42 Å². The molecule has 0 spiro atoms. The largest absolute Gasteiger partial charge is 0.497 e. The molecule has 4 heteroatoms. The Kier molecular flexibility index (Phi) is 4.06. The molecule has 0 radical (unpaired) electrons. The van der Waals surface area contributed by atoms with Crippen LogP contribution in [0, 0.1) is 6.92 Å². The van der Waals surface area contributed by atoms with Gasteiger partial charge in [0.2, 0.25) is 0 Å². The lowest BCUT2D eigenvalue weighted by Gasteiger charge is -2.13. The fourth-order valence-electron chi connectivity index (χ4n) is 2.85. The number of fused-ring (bicyclic) bond motifs is 1. The number of hydrogen-bond donors (Lipinski definition) is 2. The molecule has 0 saturated heterocycles. The Bertz CT molecular complexity index is 833. The third-order valence-corrected chi connectivity index (χ3v) is 4.21. The van der Waals surface area contributed by atoms with E-state index in [9.17, 15) is 9.90 Å². The van der Waals surface area contributed by atoms with Crippen molar-refractivity contribution in [2.24, 2.45) is 0 Å². The number of aliphatic carboxylic acids is 1. The number of benzene rings is 2. The zero-order valence-corrected chi connectivity index (χ0v) is 13.2. The molecule has 3 aromatic rings. The van der Waals surface area contributed by atoms with Crippen LogP contribution in [0.2, 0.25) is 0 Å². The first-order valence-corrected chi connectivity index (χ1v) is 7.52. The highest BCUT2D eigenvalue weighted by Crippen LogP contribution is 2.27. The van der Waals surface area contributed by atoms with Gasteiger partial charge in [0.05, 0.1) is 13.0 Å². The van der Waals surface area contributed by atoms with Gasteiger partial charge in [0.25, 0.3) is 0 Å². The van der Waals surface area contributed by atoms with Crippen molar-refractivity contribution >= 4 is 16.9 Å². The zero-order valence-electron chi connectivity index (χ0n) is 13.2. The van der Waals surface area contributed by atoms with Gasteiger partial charge in [-0.15, -0.1) is 0 Å². The molecular formula is C19H19NO3. The number of methoxy groups -OCH3 is 1. The molecule has 0 amide bonds. The van der Waals surface area contributed by atoms with Crippen molar-refractivity contribution < 1.29 is 14.6 Å². The Morgan fingerprint density at radius 3 is 2.61 bits per heavy atom. The SMILES string of the molecule is COc1ccc(CC(C(=O)O)c2ccc3c(C)c[nH]c3c2)cc1. The van der Waals surface area contributed by atoms with Gasteiger partial charge < -0.3 is 14.8 Å². The Hall–Kier alpha value is -2.75.